The van der Waals surface area contributed by atoms with Gasteiger partial charge in [0.1, 0.15) is 92.4 Å². The number of nitrogens with zero attached hydrogens (tertiary/aromatic N) is 17. The van der Waals surface area contributed by atoms with Crippen molar-refractivity contribution < 1.29 is 28.8 Å². The molecule has 0 aromatic carbocycles. The number of piperazine rings is 5. The minimum atomic E-state index is 0.231. The lowest BCUT2D eigenvalue weighted by Gasteiger charge is -2.43. The van der Waals surface area contributed by atoms with E-state index in [4.69, 9.17) is 93.7 Å². The molecular formula is C63H96Cl6N20O6. The number of nitrogens with one attached hydrogen (secondary N) is 3. The number of aromatic nitrogens is 10. The molecule has 14 heterocycles. The number of carbonyl (C=O) groups is 1. The van der Waals surface area contributed by atoms with Crippen LogP contribution in [0, 0.1) is 0 Å². The molecule has 5 aromatic heterocycles. The van der Waals surface area contributed by atoms with E-state index in [1.807, 2.05) is 18.2 Å². The van der Waals surface area contributed by atoms with Crippen molar-refractivity contribution in [1.29, 1.82) is 0 Å². The van der Waals surface area contributed by atoms with E-state index in [-0.39, 0.29) is 12.4 Å². The van der Waals surface area contributed by atoms with Crippen molar-refractivity contribution in [2.24, 2.45) is 0 Å². The lowest BCUT2D eigenvalue weighted by atomic mass is 10.1. The van der Waals surface area contributed by atoms with Gasteiger partial charge in [0.05, 0.1) is 26.4 Å². The van der Waals surface area contributed by atoms with E-state index in [0.717, 1.165) is 180 Å². The first-order chi connectivity index (χ1) is 46.0. The Bertz CT molecular complexity index is 2760. The van der Waals surface area contributed by atoms with E-state index in [0.29, 0.717) is 98.9 Å². The van der Waals surface area contributed by atoms with Gasteiger partial charge in [0.25, 0.3) is 0 Å². The molecule has 9 saturated heterocycles. The molecule has 3 unspecified atom stereocenters. The number of ketones is 1. The number of anilines is 4. The molecule has 0 radical (unpaired) electrons. The predicted octanol–water partition coefficient (Wildman–Crippen LogP) is 6.54. The fraction of sp³-hybridized carbons (Fsp3) is 0.667. The third-order valence-electron chi connectivity index (χ3n) is 16.9. The van der Waals surface area contributed by atoms with Crippen LogP contribution in [0.25, 0.3) is 0 Å². The molecule has 95 heavy (non-hydrogen) atoms. The van der Waals surface area contributed by atoms with Crippen LogP contribution >= 0.6 is 69.6 Å². The van der Waals surface area contributed by atoms with Crippen LogP contribution < -0.4 is 35.6 Å². The standard InChI is InChI=1S/3C13H19ClN4O.C9H13ClN4.C5H12N2.C4H2Cl2N2.C4H6O2.C2H6O/c3*1-10-7-17(13-6-12(14)15-9-16-13)3-4-18(10)11-2-5-19-8-11;1-7-5-14(3-2-11-7)9-4-8(10)12-6-13-9;1-5-4-6-2-3-7-5;5-3-1-4(6)8-2-7-3;5-4-1-2-6-3-4;1-2-3/h3*6,9-11H,2-5,7-8H2,1H3;4,6-7,11H,2-3,5H2,1H3;5-7H,2-4H2,1H3;1-2H;1-3H2;3H,2H2,1H3/t3*10-,11?;7-;5-;;;/m11111.../s1. The summed E-state index contributed by atoms with van der Waals surface area (Å²) >= 11 is 34.4. The van der Waals surface area contributed by atoms with Gasteiger partial charge in [0, 0.05) is 210 Å². The average Bonchev–Trinajstić information content (AvgIpc) is 1.92. The second kappa shape index (κ2) is 42.5. The van der Waals surface area contributed by atoms with Crippen molar-refractivity contribution in [2.75, 3.05) is 177 Å². The Labute approximate surface area is 590 Å². The van der Waals surface area contributed by atoms with Crippen LogP contribution in [-0.4, -0.2) is 281 Å². The van der Waals surface area contributed by atoms with Crippen molar-refractivity contribution in [1.82, 2.24) is 80.5 Å². The summed E-state index contributed by atoms with van der Waals surface area (Å²) < 4.78 is 21.2. The zero-order valence-corrected chi connectivity index (χ0v) is 60.1. The van der Waals surface area contributed by atoms with Crippen molar-refractivity contribution in [3.05, 3.63) is 92.9 Å². The maximum absolute atomic E-state index is 10.1. The van der Waals surface area contributed by atoms with Gasteiger partial charge in [-0.25, -0.2) is 49.8 Å². The number of hydrogen-bond donors (Lipinski definition) is 4. The highest BCUT2D eigenvalue weighted by molar-refractivity contribution is 6.33. The van der Waals surface area contributed by atoms with E-state index in [9.17, 15) is 4.79 Å². The number of rotatable bonds is 7. The summed E-state index contributed by atoms with van der Waals surface area (Å²) in [6, 6.07) is 13.3. The Morgan fingerprint density at radius 1 is 0.442 bits per heavy atom. The molecule has 0 aliphatic carbocycles. The Kier molecular flexibility index (Phi) is 34.9. The lowest BCUT2D eigenvalue weighted by molar-refractivity contribution is -0.117. The summed E-state index contributed by atoms with van der Waals surface area (Å²) in [5, 5.41) is 20.3. The summed E-state index contributed by atoms with van der Waals surface area (Å²) in [4.78, 5) is 66.9. The van der Waals surface area contributed by atoms with Crippen LogP contribution in [0.2, 0.25) is 30.9 Å². The number of Topliss-reactive ketones (excluding diaryl/α,β-unsaturated/α-hetero) is 1. The molecule has 9 fully saturated rings. The van der Waals surface area contributed by atoms with E-state index in [1.165, 1.54) is 37.7 Å². The summed E-state index contributed by atoms with van der Waals surface area (Å²) in [5.74, 6) is 3.92. The molecule has 26 nitrogen and oxygen atoms in total. The highest BCUT2D eigenvalue weighted by Gasteiger charge is 2.35. The largest absolute Gasteiger partial charge is 0.397 e. The van der Waals surface area contributed by atoms with E-state index < -0.39 is 0 Å². The molecular weight excluding hydrogens is 1350 g/mol. The van der Waals surface area contributed by atoms with E-state index in [2.05, 4.69) is 135 Å². The quantitative estimate of drug-likeness (QED) is 0.126. The van der Waals surface area contributed by atoms with Crippen LogP contribution in [0.3, 0.4) is 0 Å². The Hall–Kier alpha value is -4.43. The first kappa shape index (κ1) is 77.9. The smallest absolute Gasteiger partial charge is 0.160 e. The topological polar surface area (TPSA) is 262 Å². The Morgan fingerprint density at radius 3 is 1.02 bits per heavy atom. The van der Waals surface area contributed by atoms with Crippen molar-refractivity contribution >= 4 is 98.7 Å². The monoisotopic (exact) mass is 1440 g/mol. The van der Waals surface area contributed by atoms with Gasteiger partial charge in [0.2, 0.25) is 0 Å². The maximum atomic E-state index is 10.1. The first-order valence-electron chi connectivity index (χ1n) is 32.9. The molecule has 8 atom stereocenters. The predicted molar refractivity (Wildman–Crippen MR) is 376 cm³/mol. The average molecular weight is 1440 g/mol. The summed E-state index contributed by atoms with van der Waals surface area (Å²) in [6.45, 7) is 34.8. The molecule has 5 aromatic rings. The summed E-state index contributed by atoms with van der Waals surface area (Å²) in [6.07, 6.45) is 11.5. The molecule has 14 rings (SSSR count). The highest BCUT2D eigenvalue weighted by atomic mass is 35.5. The van der Waals surface area contributed by atoms with Gasteiger partial charge >= 0.3 is 0 Å². The van der Waals surface area contributed by atoms with Gasteiger partial charge in [-0.1, -0.05) is 69.6 Å². The number of hydrogen-bond acceptors (Lipinski definition) is 26. The molecule has 0 amide bonds. The van der Waals surface area contributed by atoms with Crippen molar-refractivity contribution in [3.63, 3.8) is 0 Å². The number of ether oxygens (including phenoxy) is 4. The molecule has 526 valence electrons. The first-order valence-corrected chi connectivity index (χ1v) is 35.1. The van der Waals surface area contributed by atoms with Gasteiger partial charge in [-0.05, 0) is 60.8 Å². The van der Waals surface area contributed by atoms with Crippen LogP contribution in [0.15, 0.2) is 62.0 Å². The van der Waals surface area contributed by atoms with Gasteiger partial charge in [0.15, 0.2) is 5.78 Å². The minimum absolute atomic E-state index is 0.231. The molecule has 32 heteroatoms. The van der Waals surface area contributed by atoms with E-state index >= 15 is 0 Å². The fourth-order valence-corrected chi connectivity index (χ4v) is 13.1. The zero-order chi connectivity index (χ0) is 67.9. The van der Waals surface area contributed by atoms with Crippen molar-refractivity contribution in [3.8, 4) is 0 Å². The van der Waals surface area contributed by atoms with Crippen LogP contribution in [0.5, 0.6) is 0 Å². The number of aliphatic hydroxyl groups excluding tert-OH is 1. The Morgan fingerprint density at radius 2 is 0.789 bits per heavy atom. The number of carbonyl (C=O) groups excluding carboxylic acids is 1. The van der Waals surface area contributed by atoms with E-state index in [1.54, 1.807) is 13.0 Å². The minimum Gasteiger partial charge on any atom is -0.397 e. The van der Waals surface area contributed by atoms with Crippen molar-refractivity contribution in [2.45, 2.75) is 116 Å². The normalized spacial score (nSPS) is 25.4. The van der Waals surface area contributed by atoms with Crippen LogP contribution in [-0.2, 0) is 23.7 Å². The molecule has 9 aliphatic rings. The third kappa shape index (κ3) is 27.3. The molecule has 4 N–H and O–H groups in total. The third-order valence-corrected chi connectivity index (χ3v) is 18.2. The zero-order valence-electron chi connectivity index (χ0n) is 55.6. The Balaban J connectivity index is 0.000000161. The summed E-state index contributed by atoms with van der Waals surface area (Å²) in [5.41, 5.74) is 0. The molecule has 9 aliphatic heterocycles. The molecule has 0 saturated carbocycles. The lowest BCUT2D eigenvalue weighted by Crippen LogP contribution is -2.55. The van der Waals surface area contributed by atoms with Gasteiger partial charge in [-0.2, -0.15) is 0 Å². The van der Waals surface area contributed by atoms with Crippen LogP contribution in [0.1, 0.15) is 67.2 Å². The summed E-state index contributed by atoms with van der Waals surface area (Å²) in [7, 11) is 0. The highest BCUT2D eigenvalue weighted by Crippen LogP contribution is 2.27. The number of halogens is 6. The fourth-order valence-electron chi connectivity index (χ4n) is 12.2. The van der Waals surface area contributed by atoms with Gasteiger partial charge < -0.3 is 59.6 Å². The van der Waals surface area contributed by atoms with Gasteiger partial charge in [-0.3, -0.25) is 19.5 Å². The SMILES string of the molecule is CCO.C[C@@H]1CN(c2cc(Cl)ncn2)CCN1.C[C@@H]1CN(c2cc(Cl)ncn2)CCN1C1CCOC1.C[C@@H]1CN(c2cc(Cl)ncn2)CCN1C1CCOC1.C[C@@H]1CN(c2cc(Cl)ncn2)CCN1C1CCOC1.C[C@@H]1CNCCN1.Clc1cc(Cl)ncn1.O=C1CCOC1. The number of aliphatic hydroxyl groups is 1. The molecule has 0 spiro atoms. The maximum Gasteiger partial charge on any atom is 0.160 e. The second-order valence-electron chi connectivity index (χ2n) is 24.1. The van der Waals surface area contributed by atoms with Gasteiger partial charge in [-0.15, -0.1) is 0 Å². The second-order valence-corrected chi connectivity index (χ2v) is 26.5. The van der Waals surface area contributed by atoms with Crippen LogP contribution in [0.4, 0.5) is 23.3 Å². The molecule has 0 bridgehead atoms.